The highest BCUT2D eigenvalue weighted by molar-refractivity contribution is 5.79. The van der Waals surface area contributed by atoms with Crippen LogP contribution in [0.5, 0.6) is 0 Å². The fraction of sp³-hybridized carbons (Fsp3) is 0.889. The molecule has 3 nitrogen and oxygen atoms in total. The van der Waals surface area contributed by atoms with E-state index in [9.17, 15) is 4.79 Å². The van der Waals surface area contributed by atoms with Gasteiger partial charge in [0, 0.05) is 0 Å². The van der Waals surface area contributed by atoms with Crippen LogP contribution >= 0.6 is 0 Å². The summed E-state index contributed by atoms with van der Waals surface area (Å²) in [5.41, 5.74) is 4.92. The van der Waals surface area contributed by atoms with Crippen LogP contribution in [-0.4, -0.2) is 18.6 Å². The Morgan fingerprint density at radius 1 is 1.58 bits per heavy atom. The number of ether oxygens (including phenoxy) is 1. The van der Waals surface area contributed by atoms with Gasteiger partial charge in [0.05, 0.1) is 7.11 Å². The number of rotatable bonds is 4. The molecular formula is C9H19NO2. The van der Waals surface area contributed by atoms with E-state index in [1.807, 2.05) is 0 Å². The second kappa shape index (κ2) is 4.45. The second-order valence-electron chi connectivity index (χ2n) is 3.84. The summed E-state index contributed by atoms with van der Waals surface area (Å²) in [6.07, 6.45) is 1.62. The molecular weight excluding hydrogens is 154 g/mol. The minimum atomic E-state index is -0.820. The van der Waals surface area contributed by atoms with Crippen LogP contribution in [0, 0.1) is 5.92 Å². The molecule has 0 aromatic carbocycles. The van der Waals surface area contributed by atoms with E-state index in [0.29, 0.717) is 12.3 Å². The quantitative estimate of drug-likeness (QED) is 0.652. The first-order valence-electron chi connectivity index (χ1n) is 4.27. The molecule has 0 heterocycles. The monoisotopic (exact) mass is 173 g/mol. The van der Waals surface area contributed by atoms with Crippen LogP contribution in [-0.2, 0) is 9.53 Å². The highest BCUT2D eigenvalue weighted by Crippen LogP contribution is 2.14. The highest BCUT2D eigenvalue weighted by atomic mass is 16.5. The zero-order valence-corrected chi connectivity index (χ0v) is 8.39. The zero-order chi connectivity index (χ0) is 9.78. The minimum Gasteiger partial charge on any atom is -0.468 e. The maximum Gasteiger partial charge on any atom is 0.325 e. The smallest absolute Gasteiger partial charge is 0.325 e. The highest BCUT2D eigenvalue weighted by Gasteiger charge is 2.28. The third-order valence-corrected chi connectivity index (χ3v) is 1.89. The van der Waals surface area contributed by atoms with Crippen LogP contribution in [0.2, 0.25) is 0 Å². The van der Waals surface area contributed by atoms with Crippen molar-refractivity contribution in [2.45, 2.75) is 39.2 Å². The predicted octanol–water partition coefficient (Wildman–Crippen LogP) is 1.31. The van der Waals surface area contributed by atoms with Crippen molar-refractivity contribution in [2.75, 3.05) is 7.11 Å². The molecule has 0 saturated carbocycles. The van der Waals surface area contributed by atoms with E-state index < -0.39 is 5.54 Å². The molecule has 2 N–H and O–H groups in total. The third kappa shape index (κ3) is 3.72. The lowest BCUT2D eigenvalue weighted by atomic mass is 9.93. The van der Waals surface area contributed by atoms with Crippen LogP contribution in [0.1, 0.15) is 33.6 Å². The van der Waals surface area contributed by atoms with Crippen molar-refractivity contribution >= 4 is 5.97 Å². The molecule has 12 heavy (non-hydrogen) atoms. The number of nitrogens with two attached hydrogens (primary N) is 1. The van der Waals surface area contributed by atoms with Gasteiger partial charge in [-0.2, -0.15) is 0 Å². The molecule has 0 rings (SSSR count). The van der Waals surface area contributed by atoms with Gasteiger partial charge in [-0.15, -0.1) is 0 Å². The number of hydrogen-bond acceptors (Lipinski definition) is 3. The lowest BCUT2D eigenvalue weighted by Gasteiger charge is -2.21. The molecule has 0 unspecified atom stereocenters. The molecule has 0 radical (unpaired) electrons. The maximum atomic E-state index is 11.1. The molecule has 3 heteroatoms. The molecule has 0 amide bonds. The van der Waals surface area contributed by atoms with E-state index in [4.69, 9.17) is 5.73 Å². The zero-order valence-electron chi connectivity index (χ0n) is 8.39. The van der Waals surface area contributed by atoms with Crippen molar-refractivity contribution in [3.05, 3.63) is 0 Å². The van der Waals surface area contributed by atoms with E-state index in [2.05, 4.69) is 18.6 Å². The van der Waals surface area contributed by atoms with Crippen molar-refractivity contribution < 1.29 is 9.53 Å². The molecule has 1 atom stereocenters. The normalized spacial score (nSPS) is 15.8. The molecule has 0 aromatic rings. The van der Waals surface area contributed by atoms with Gasteiger partial charge in [-0.25, -0.2) is 0 Å². The first-order valence-corrected chi connectivity index (χ1v) is 4.27. The number of carbonyl (C=O) groups is 1. The average Bonchev–Trinajstić information content (AvgIpc) is 1.99. The number of hydrogen-bond donors (Lipinski definition) is 1. The first-order chi connectivity index (χ1) is 5.40. The summed E-state index contributed by atoms with van der Waals surface area (Å²) in [4.78, 5) is 11.1. The second-order valence-corrected chi connectivity index (χ2v) is 3.84. The van der Waals surface area contributed by atoms with Gasteiger partial charge in [-0.3, -0.25) is 4.79 Å². The average molecular weight is 173 g/mol. The lowest BCUT2D eigenvalue weighted by molar-refractivity contribution is -0.146. The molecule has 0 aromatic heterocycles. The van der Waals surface area contributed by atoms with Gasteiger partial charge in [-0.05, 0) is 25.7 Å². The third-order valence-electron chi connectivity index (χ3n) is 1.89. The van der Waals surface area contributed by atoms with Gasteiger partial charge in [0.15, 0.2) is 0 Å². The van der Waals surface area contributed by atoms with Crippen LogP contribution in [0.15, 0.2) is 0 Å². The van der Waals surface area contributed by atoms with Gasteiger partial charge < -0.3 is 10.5 Å². The SMILES string of the molecule is COC(=O)[C@@](C)(N)CCC(C)C. The van der Waals surface area contributed by atoms with E-state index in [-0.39, 0.29) is 5.97 Å². The van der Waals surface area contributed by atoms with Crippen LogP contribution in [0.25, 0.3) is 0 Å². The van der Waals surface area contributed by atoms with E-state index in [0.717, 1.165) is 6.42 Å². The minimum absolute atomic E-state index is 0.330. The molecule has 0 aliphatic heterocycles. The van der Waals surface area contributed by atoms with Crippen molar-refractivity contribution in [1.82, 2.24) is 0 Å². The Hall–Kier alpha value is -0.570. The number of methoxy groups -OCH3 is 1. The van der Waals surface area contributed by atoms with Crippen molar-refractivity contribution in [1.29, 1.82) is 0 Å². The first kappa shape index (κ1) is 11.4. The molecule has 72 valence electrons. The Bertz CT molecular complexity index is 153. The van der Waals surface area contributed by atoms with Gasteiger partial charge in [0.2, 0.25) is 0 Å². The van der Waals surface area contributed by atoms with Gasteiger partial charge in [0.1, 0.15) is 5.54 Å². The van der Waals surface area contributed by atoms with Crippen LogP contribution < -0.4 is 5.73 Å². The van der Waals surface area contributed by atoms with E-state index in [1.54, 1.807) is 6.92 Å². The van der Waals surface area contributed by atoms with Gasteiger partial charge in [0.25, 0.3) is 0 Å². The lowest BCUT2D eigenvalue weighted by Crippen LogP contribution is -2.45. The Morgan fingerprint density at radius 3 is 2.42 bits per heavy atom. The van der Waals surface area contributed by atoms with Crippen LogP contribution in [0.4, 0.5) is 0 Å². The Morgan fingerprint density at radius 2 is 2.08 bits per heavy atom. The topological polar surface area (TPSA) is 52.3 Å². The summed E-state index contributed by atoms with van der Waals surface area (Å²) in [5, 5.41) is 0. The molecule has 0 aliphatic carbocycles. The predicted molar refractivity (Wildman–Crippen MR) is 48.7 cm³/mol. The summed E-state index contributed by atoms with van der Waals surface area (Å²) < 4.78 is 4.58. The largest absolute Gasteiger partial charge is 0.468 e. The fourth-order valence-electron chi connectivity index (χ4n) is 0.924. The van der Waals surface area contributed by atoms with Crippen molar-refractivity contribution in [3.63, 3.8) is 0 Å². The maximum absolute atomic E-state index is 11.1. The van der Waals surface area contributed by atoms with Crippen molar-refractivity contribution in [3.8, 4) is 0 Å². The Labute approximate surface area is 74.3 Å². The number of esters is 1. The molecule has 0 spiro atoms. The Kier molecular flexibility index (Phi) is 4.24. The molecule has 0 aliphatic rings. The van der Waals surface area contributed by atoms with Crippen LogP contribution in [0.3, 0.4) is 0 Å². The van der Waals surface area contributed by atoms with Crippen molar-refractivity contribution in [2.24, 2.45) is 11.7 Å². The molecule has 0 fully saturated rings. The fourth-order valence-corrected chi connectivity index (χ4v) is 0.924. The summed E-state index contributed by atoms with van der Waals surface area (Å²) >= 11 is 0. The molecule has 0 saturated heterocycles. The summed E-state index contributed by atoms with van der Waals surface area (Å²) in [5.74, 6) is 0.237. The summed E-state index contributed by atoms with van der Waals surface area (Å²) in [6.45, 7) is 5.92. The summed E-state index contributed by atoms with van der Waals surface area (Å²) in [7, 11) is 1.36. The standard InChI is InChI=1S/C9H19NO2/c1-7(2)5-6-9(3,10)8(11)12-4/h7H,5-6,10H2,1-4H3/t9-/m0/s1. The van der Waals surface area contributed by atoms with E-state index in [1.165, 1.54) is 7.11 Å². The Balaban J connectivity index is 3.95. The van der Waals surface area contributed by atoms with E-state index >= 15 is 0 Å². The number of carbonyl (C=O) groups excluding carboxylic acids is 1. The molecule has 0 bridgehead atoms. The van der Waals surface area contributed by atoms with Gasteiger partial charge >= 0.3 is 5.97 Å². The summed E-state index contributed by atoms with van der Waals surface area (Å²) in [6, 6.07) is 0. The van der Waals surface area contributed by atoms with Gasteiger partial charge in [-0.1, -0.05) is 13.8 Å².